The smallest absolute Gasteiger partial charge is 0.303 e. The predicted octanol–water partition coefficient (Wildman–Crippen LogP) is 1.47. The number of carbonyl (C=O) groups is 2. The molecule has 5 nitrogen and oxygen atoms in total. The fourth-order valence-corrected chi connectivity index (χ4v) is 4.23. The van der Waals surface area contributed by atoms with Crippen molar-refractivity contribution in [3.63, 3.8) is 0 Å². The van der Waals surface area contributed by atoms with Crippen molar-refractivity contribution in [3.8, 4) is 0 Å². The maximum absolute atomic E-state index is 14.4. The van der Waals surface area contributed by atoms with E-state index in [0.29, 0.717) is 12.8 Å². The highest BCUT2D eigenvalue weighted by Crippen LogP contribution is 2.68. The lowest BCUT2D eigenvalue weighted by Crippen LogP contribution is -2.51. The lowest BCUT2D eigenvalue weighted by Gasteiger charge is -2.33. The molecule has 0 bridgehead atoms. The topological polar surface area (TPSA) is 61.8 Å². The second-order valence-electron chi connectivity index (χ2n) is 5.47. The van der Waals surface area contributed by atoms with Crippen LogP contribution in [0, 0.1) is 5.92 Å². The first-order valence-electron chi connectivity index (χ1n) is 6.14. The summed E-state index contributed by atoms with van der Waals surface area (Å²) in [7, 11) is 0. The lowest BCUT2D eigenvalue weighted by atomic mass is 9.91. The van der Waals surface area contributed by atoms with E-state index in [1.54, 1.807) is 0 Å². The van der Waals surface area contributed by atoms with E-state index in [9.17, 15) is 14.0 Å². The van der Waals surface area contributed by atoms with Gasteiger partial charge in [-0.05, 0) is 12.8 Å². The summed E-state index contributed by atoms with van der Waals surface area (Å²) in [5, 5.41) is -0.856. The van der Waals surface area contributed by atoms with Crippen LogP contribution in [0.15, 0.2) is 0 Å². The van der Waals surface area contributed by atoms with Crippen LogP contribution >= 0.6 is 15.9 Å². The molecule has 19 heavy (non-hydrogen) atoms. The van der Waals surface area contributed by atoms with Crippen LogP contribution in [-0.4, -0.2) is 40.4 Å². The molecule has 2 saturated carbocycles. The summed E-state index contributed by atoms with van der Waals surface area (Å²) in [4.78, 5) is 22.5. The number of carbonyl (C=O) groups excluding carboxylic acids is 2. The van der Waals surface area contributed by atoms with Crippen LogP contribution < -0.4 is 0 Å². The average Bonchev–Trinajstić information content (AvgIpc) is 2.80. The van der Waals surface area contributed by atoms with Gasteiger partial charge in [-0.1, -0.05) is 15.9 Å². The zero-order chi connectivity index (χ0) is 14.0. The van der Waals surface area contributed by atoms with Gasteiger partial charge in [0.15, 0.2) is 11.8 Å². The molecular weight excluding hydrogens is 323 g/mol. The van der Waals surface area contributed by atoms with Gasteiger partial charge in [0.05, 0.1) is 0 Å². The summed E-state index contributed by atoms with van der Waals surface area (Å²) in [6.45, 7) is 2.55. The highest BCUT2D eigenvalue weighted by molar-refractivity contribution is 9.09. The van der Waals surface area contributed by atoms with E-state index in [1.165, 1.54) is 13.8 Å². The van der Waals surface area contributed by atoms with E-state index >= 15 is 0 Å². The van der Waals surface area contributed by atoms with Crippen molar-refractivity contribution in [2.45, 2.75) is 55.2 Å². The molecular formula is C12H14BrFO5. The molecule has 3 aliphatic rings. The fourth-order valence-electron chi connectivity index (χ4n) is 3.57. The Bertz CT molecular complexity index is 457. The monoisotopic (exact) mass is 336 g/mol. The Balaban J connectivity index is 1.94. The van der Waals surface area contributed by atoms with E-state index in [4.69, 9.17) is 14.2 Å². The van der Waals surface area contributed by atoms with Gasteiger partial charge >= 0.3 is 11.9 Å². The molecule has 0 aromatic carbocycles. The molecule has 2 aliphatic carbocycles. The summed E-state index contributed by atoms with van der Waals surface area (Å²) in [5.74, 6) is -0.991. The predicted molar refractivity (Wildman–Crippen MR) is 64.2 cm³/mol. The molecule has 1 heterocycles. The van der Waals surface area contributed by atoms with Crippen molar-refractivity contribution in [1.29, 1.82) is 0 Å². The van der Waals surface area contributed by atoms with Crippen molar-refractivity contribution < 1.29 is 28.2 Å². The molecule has 7 heteroatoms. The number of hydrogen-bond donors (Lipinski definition) is 0. The molecule has 3 rings (SSSR count). The zero-order valence-electron chi connectivity index (χ0n) is 10.5. The fraction of sp³-hybridized carbons (Fsp3) is 0.833. The van der Waals surface area contributed by atoms with Crippen LogP contribution in [0.2, 0.25) is 0 Å². The minimum atomic E-state index is -1.47. The van der Waals surface area contributed by atoms with E-state index in [1.807, 2.05) is 0 Å². The Morgan fingerprint density at radius 1 is 1.21 bits per heavy atom. The van der Waals surface area contributed by atoms with Gasteiger partial charge in [0.1, 0.15) is 16.7 Å². The highest BCUT2D eigenvalue weighted by Gasteiger charge is 2.82. The number of halogens is 2. The Hall–Kier alpha value is -0.690. The van der Waals surface area contributed by atoms with Gasteiger partial charge in [0, 0.05) is 19.8 Å². The quantitative estimate of drug-likeness (QED) is 0.564. The summed E-state index contributed by atoms with van der Waals surface area (Å²) in [6, 6.07) is 0. The summed E-state index contributed by atoms with van der Waals surface area (Å²) in [5.41, 5.74) is -2.16. The van der Waals surface area contributed by atoms with Gasteiger partial charge in [0.2, 0.25) is 0 Å². The molecule has 106 valence electrons. The second kappa shape index (κ2) is 3.91. The molecule has 6 atom stereocenters. The third-order valence-corrected chi connectivity index (χ3v) is 4.86. The lowest BCUT2D eigenvalue weighted by molar-refractivity contribution is -0.178. The Morgan fingerprint density at radius 2 is 1.74 bits per heavy atom. The standard InChI is InChI=1S/C12H14BrFO5/c1-5(15)18-11-3-7(11)4-12(19-6(2)16)8(14)9(13)17-10(11)12/h7-10H,3-4H2,1-2H3/t7-,8+,9?,10+,11+,12-/m0/s1. The van der Waals surface area contributed by atoms with Gasteiger partial charge in [-0.25, -0.2) is 4.39 Å². The van der Waals surface area contributed by atoms with Crippen LogP contribution in [0.1, 0.15) is 26.7 Å². The SMILES string of the molecule is CC(=O)O[C@]12C[C@H]1C[C@@]1(OC(C)=O)[C@@H]2OC(Br)[C@H]1F. The highest BCUT2D eigenvalue weighted by atomic mass is 79.9. The van der Waals surface area contributed by atoms with E-state index in [2.05, 4.69) is 15.9 Å². The normalized spacial score (nSPS) is 50.3. The first kappa shape index (κ1) is 13.3. The van der Waals surface area contributed by atoms with Crippen molar-refractivity contribution in [3.05, 3.63) is 0 Å². The summed E-state index contributed by atoms with van der Waals surface area (Å²) < 4.78 is 30.5. The Morgan fingerprint density at radius 3 is 2.32 bits per heavy atom. The molecule has 1 unspecified atom stereocenters. The third-order valence-electron chi connectivity index (χ3n) is 4.18. The third kappa shape index (κ3) is 1.67. The average molecular weight is 337 g/mol. The Kier molecular flexibility index (Phi) is 2.74. The summed E-state index contributed by atoms with van der Waals surface area (Å²) >= 11 is 3.09. The number of ether oxygens (including phenoxy) is 3. The van der Waals surface area contributed by atoms with Crippen LogP contribution in [0.25, 0.3) is 0 Å². The first-order valence-corrected chi connectivity index (χ1v) is 7.06. The number of esters is 2. The van der Waals surface area contributed by atoms with Crippen LogP contribution in [0.5, 0.6) is 0 Å². The van der Waals surface area contributed by atoms with Gasteiger partial charge in [0.25, 0.3) is 0 Å². The maximum Gasteiger partial charge on any atom is 0.303 e. The van der Waals surface area contributed by atoms with E-state index in [0.717, 1.165) is 0 Å². The Labute approximate surface area is 117 Å². The number of fused-ring (bicyclic) bond motifs is 3. The van der Waals surface area contributed by atoms with Gasteiger partial charge in [-0.15, -0.1) is 0 Å². The summed E-state index contributed by atoms with van der Waals surface area (Å²) in [6.07, 6.45) is -1.25. The minimum Gasteiger partial charge on any atom is -0.456 e. The van der Waals surface area contributed by atoms with Crippen molar-refractivity contribution in [2.75, 3.05) is 0 Å². The van der Waals surface area contributed by atoms with Crippen molar-refractivity contribution in [1.82, 2.24) is 0 Å². The number of rotatable bonds is 2. The largest absolute Gasteiger partial charge is 0.456 e. The minimum absolute atomic E-state index is 0.000926. The molecule has 3 fully saturated rings. The van der Waals surface area contributed by atoms with E-state index in [-0.39, 0.29) is 5.92 Å². The molecule has 0 amide bonds. The van der Waals surface area contributed by atoms with Crippen LogP contribution in [0.3, 0.4) is 0 Å². The maximum atomic E-state index is 14.4. The van der Waals surface area contributed by atoms with E-state index < -0.39 is 40.4 Å². The molecule has 1 saturated heterocycles. The molecule has 0 N–H and O–H groups in total. The van der Waals surface area contributed by atoms with Crippen LogP contribution in [0.4, 0.5) is 4.39 Å². The first-order chi connectivity index (χ1) is 8.82. The van der Waals surface area contributed by atoms with Crippen LogP contribution in [-0.2, 0) is 23.8 Å². The number of hydrogen-bond acceptors (Lipinski definition) is 5. The second-order valence-corrected chi connectivity index (χ2v) is 6.37. The molecule has 0 radical (unpaired) electrons. The van der Waals surface area contributed by atoms with Crippen molar-refractivity contribution >= 4 is 27.9 Å². The number of alkyl halides is 2. The van der Waals surface area contributed by atoms with Gasteiger partial charge < -0.3 is 14.2 Å². The molecule has 0 aromatic rings. The van der Waals surface area contributed by atoms with Crippen molar-refractivity contribution in [2.24, 2.45) is 5.92 Å². The van der Waals surface area contributed by atoms with Gasteiger partial charge in [-0.3, -0.25) is 9.59 Å². The van der Waals surface area contributed by atoms with Gasteiger partial charge in [-0.2, -0.15) is 0 Å². The molecule has 0 aromatic heterocycles. The molecule has 0 spiro atoms. The zero-order valence-corrected chi connectivity index (χ0v) is 12.1. The molecule has 1 aliphatic heterocycles.